The maximum absolute atomic E-state index is 12.8. The number of aryl methyl sites for hydroxylation is 2. The van der Waals surface area contributed by atoms with E-state index in [9.17, 15) is 4.79 Å². The fraction of sp³-hybridized carbons (Fsp3) is 0.182. The topological polar surface area (TPSA) is 69.3 Å². The molecule has 28 heavy (non-hydrogen) atoms. The number of amides is 1. The van der Waals surface area contributed by atoms with Crippen LogP contribution in [-0.2, 0) is 6.54 Å². The number of hydrogen-bond donors (Lipinski definition) is 1. The van der Waals surface area contributed by atoms with Crippen LogP contribution in [0.5, 0.6) is 5.75 Å². The molecule has 0 atom stereocenters. The first-order valence-corrected chi connectivity index (χ1v) is 9.01. The predicted molar refractivity (Wildman–Crippen MR) is 108 cm³/mol. The van der Waals surface area contributed by atoms with Crippen molar-refractivity contribution < 1.29 is 13.9 Å². The number of methoxy groups -OCH3 is 1. The highest BCUT2D eigenvalue weighted by Gasteiger charge is 2.19. The Labute approximate surface area is 162 Å². The Morgan fingerprint density at radius 1 is 1.18 bits per heavy atom. The van der Waals surface area contributed by atoms with Gasteiger partial charge in [-0.1, -0.05) is 29.8 Å². The quantitative estimate of drug-likeness (QED) is 0.555. The minimum atomic E-state index is -0.307. The molecule has 2 aromatic carbocycles. The number of fused-ring (bicyclic) bond motifs is 1. The van der Waals surface area contributed by atoms with Crippen LogP contribution >= 0.6 is 0 Å². The fourth-order valence-corrected chi connectivity index (χ4v) is 3.26. The lowest BCUT2D eigenvalue weighted by molar-refractivity contribution is 0.0997. The normalized spacial score (nSPS) is 11.0. The van der Waals surface area contributed by atoms with Crippen molar-refractivity contribution in [3.8, 4) is 5.75 Å². The number of benzene rings is 2. The van der Waals surface area contributed by atoms with Crippen LogP contribution in [0.25, 0.3) is 11.0 Å². The number of carbonyl (C=O) groups is 1. The molecule has 4 rings (SSSR count). The van der Waals surface area contributed by atoms with Crippen LogP contribution in [0.1, 0.15) is 27.2 Å². The summed E-state index contributed by atoms with van der Waals surface area (Å²) >= 11 is 0. The highest BCUT2D eigenvalue weighted by atomic mass is 16.5. The number of ether oxygens (including phenoxy) is 1. The summed E-state index contributed by atoms with van der Waals surface area (Å²) < 4.78 is 12.8. The summed E-state index contributed by atoms with van der Waals surface area (Å²) in [5.74, 6) is 1.31. The zero-order valence-corrected chi connectivity index (χ0v) is 16.0. The first-order chi connectivity index (χ1) is 13.5. The Hall–Kier alpha value is -3.54. The van der Waals surface area contributed by atoms with Gasteiger partial charge in [-0.15, -0.1) is 0 Å². The van der Waals surface area contributed by atoms with Crippen LogP contribution < -0.4 is 10.1 Å². The van der Waals surface area contributed by atoms with E-state index in [1.807, 2.05) is 31.2 Å². The molecule has 6 heteroatoms. The molecule has 0 radical (unpaired) electrons. The van der Waals surface area contributed by atoms with Gasteiger partial charge in [-0.2, -0.15) is 5.10 Å². The average molecular weight is 375 g/mol. The molecule has 0 spiro atoms. The Balaban J connectivity index is 1.59. The van der Waals surface area contributed by atoms with Gasteiger partial charge in [0.15, 0.2) is 5.76 Å². The molecular weight excluding hydrogens is 354 g/mol. The second-order valence-electron chi connectivity index (χ2n) is 6.74. The van der Waals surface area contributed by atoms with Crippen molar-refractivity contribution in [1.82, 2.24) is 9.78 Å². The lowest BCUT2D eigenvalue weighted by atomic mass is 10.1. The van der Waals surface area contributed by atoms with E-state index in [0.29, 0.717) is 17.9 Å². The van der Waals surface area contributed by atoms with Gasteiger partial charge in [0.2, 0.25) is 0 Å². The highest BCUT2D eigenvalue weighted by molar-refractivity contribution is 6.06. The summed E-state index contributed by atoms with van der Waals surface area (Å²) in [6.45, 7) is 4.49. The zero-order valence-electron chi connectivity index (χ0n) is 16.0. The zero-order chi connectivity index (χ0) is 19.7. The molecule has 2 heterocycles. The number of nitrogens with one attached hydrogen (secondary N) is 1. The van der Waals surface area contributed by atoms with Crippen LogP contribution in [0.15, 0.2) is 59.1 Å². The maximum atomic E-state index is 12.8. The third kappa shape index (κ3) is 3.36. The summed E-state index contributed by atoms with van der Waals surface area (Å²) in [4.78, 5) is 12.8. The van der Waals surface area contributed by atoms with Crippen LogP contribution in [0, 0.1) is 13.8 Å². The van der Waals surface area contributed by atoms with E-state index < -0.39 is 0 Å². The first-order valence-electron chi connectivity index (χ1n) is 9.01. The van der Waals surface area contributed by atoms with E-state index in [0.717, 1.165) is 22.3 Å². The number of rotatable bonds is 5. The second-order valence-corrected chi connectivity index (χ2v) is 6.74. The lowest BCUT2D eigenvalue weighted by Gasteiger charge is -2.09. The van der Waals surface area contributed by atoms with Gasteiger partial charge in [0.1, 0.15) is 17.2 Å². The van der Waals surface area contributed by atoms with Gasteiger partial charge in [0.05, 0.1) is 19.9 Å². The van der Waals surface area contributed by atoms with Crippen LogP contribution in [0.3, 0.4) is 0 Å². The molecular formula is C22H21N3O3. The van der Waals surface area contributed by atoms with Gasteiger partial charge in [0, 0.05) is 17.0 Å². The van der Waals surface area contributed by atoms with Crippen molar-refractivity contribution in [2.75, 3.05) is 12.4 Å². The first kappa shape index (κ1) is 17.9. The van der Waals surface area contributed by atoms with Crippen LogP contribution in [0.2, 0.25) is 0 Å². The average Bonchev–Trinajstić information content (AvgIpc) is 3.25. The third-order valence-corrected chi connectivity index (χ3v) is 4.72. The molecule has 0 aliphatic rings. The minimum absolute atomic E-state index is 0.284. The summed E-state index contributed by atoms with van der Waals surface area (Å²) in [5.41, 5.74) is 3.72. The number of anilines is 1. The van der Waals surface area contributed by atoms with E-state index in [1.54, 1.807) is 30.1 Å². The minimum Gasteiger partial charge on any atom is -0.497 e. The van der Waals surface area contributed by atoms with E-state index in [2.05, 4.69) is 29.5 Å². The summed E-state index contributed by atoms with van der Waals surface area (Å²) in [5, 5.41) is 8.10. The molecule has 0 saturated carbocycles. The Morgan fingerprint density at radius 3 is 2.82 bits per heavy atom. The summed E-state index contributed by atoms with van der Waals surface area (Å²) in [7, 11) is 1.61. The van der Waals surface area contributed by atoms with Gasteiger partial charge in [0.25, 0.3) is 5.91 Å². The number of nitrogens with zero attached hydrogens (tertiary/aromatic N) is 2. The number of aromatic nitrogens is 2. The molecule has 0 bridgehead atoms. The standard InChI is InChI=1S/C22H21N3O3/c1-14-5-4-6-16(11-14)13-25-20(9-10-23-25)24-22(26)21-15(2)18-12-17(27-3)7-8-19(18)28-21/h4-12H,13H2,1-3H3,(H,24,26). The van der Waals surface area contributed by atoms with Crippen LogP contribution in [0.4, 0.5) is 5.82 Å². The molecule has 0 saturated heterocycles. The van der Waals surface area contributed by atoms with Crippen molar-refractivity contribution in [3.63, 3.8) is 0 Å². The smallest absolute Gasteiger partial charge is 0.292 e. The summed E-state index contributed by atoms with van der Waals surface area (Å²) in [6.07, 6.45) is 1.67. The molecule has 1 amide bonds. The Morgan fingerprint density at radius 2 is 2.04 bits per heavy atom. The van der Waals surface area contributed by atoms with Gasteiger partial charge >= 0.3 is 0 Å². The molecule has 1 N–H and O–H groups in total. The second kappa shape index (κ2) is 7.23. The largest absolute Gasteiger partial charge is 0.497 e. The van der Waals surface area contributed by atoms with E-state index in [1.165, 1.54) is 5.56 Å². The molecule has 142 valence electrons. The Kier molecular flexibility index (Phi) is 4.61. The van der Waals surface area contributed by atoms with Crippen molar-refractivity contribution >= 4 is 22.7 Å². The SMILES string of the molecule is COc1ccc2oc(C(=O)Nc3ccnn3Cc3cccc(C)c3)c(C)c2c1. The molecule has 0 fully saturated rings. The number of carbonyl (C=O) groups excluding carboxylic acids is 1. The van der Waals surface area contributed by atoms with Crippen molar-refractivity contribution in [2.24, 2.45) is 0 Å². The molecule has 2 aromatic heterocycles. The number of hydrogen-bond acceptors (Lipinski definition) is 4. The van der Waals surface area contributed by atoms with Gasteiger partial charge in [-0.3, -0.25) is 4.79 Å². The Bertz CT molecular complexity index is 1160. The summed E-state index contributed by atoms with van der Waals surface area (Å²) in [6, 6.07) is 15.5. The van der Waals surface area contributed by atoms with E-state index in [4.69, 9.17) is 9.15 Å². The lowest BCUT2D eigenvalue weighted by Crippen LogP contribution is -2.16. The van der Waals surface area contributed by atoms with Gasteiger partial charge in [-0.05, 0) is 37.6 Å². The predicted octanol–water partition coefficient (Wildman–Crippen LogP) is 4.56. The highest BCUT2D eigenvalue weighted by Crippen LogP contribution is 2.29. The molecule has 6 nitrogen and oxygen atoms in total. The van der Waals surface area contributed by atoms with E-state index >= 15 is 0 Å². The maximum Gasteiger partial charge on any atom is 0.292 e. The van der Waals surface area contributed by atoms with E-state index in [-0.39, 0.29) is 11.7 Å². The molecule has 0 unspecified atom stereocenters. The van der Waals surface area contributed by atoms with Crippen LogP contribution in [-0.4, -0.2) is 22.8 Å². The fourth-order valence-electron chi connectivity index (χ4n) is 3.26. The molecule has 0 aliphatic heterocycles. The van der Waals surface area contributed by atoms with Gasteiger partial charge < -0.3 is 14.5 Å². The number of furan rings is 1. The van der Waals surface area contributed by atoms with Crippen molar-refractivity contribution in [2.45, 2.75) is 20.4 Å². The monoisotopic (exact) mass is 375 g/mol. The van der Waals surface area contributed by atoms with Crippen molar-refractivity contribution in [3.05, 3.63) is 77.2 Å². The molecule has 4 aromatic rings. The van der Waals surface area contributed by atoms with Crippen molar-refractivity contribution in [1.29, 1.82) is 0 Å². The third-order valence-electron chi connectivity index (χ3n) is 4.72. The van der Waals surface area contributed by atoms with Gasteiger partial charge in [-0.25, -0.2) is 4.68 Å². The molecule has 0 aliphatic carbocycles.